The van der Waals surface area contributed by atoms with Gasteiger partial charge in [-0.3, -0.25) is 4.57 Å². The molecular formula is C22H26N4O3. The number of nitrogens with zero attached hydrogens (tertiary/aromatic N) is 4. The third-order valence-electron chi connectivity index (χ3n) is 5.42. The maximum absolute atomic E-state index is 12.5. The van der Waals surface area contributed by atoms with Crippen LogP contribution in [0.1, 0.15) is 19.9 Å². The normalized spacial score (nSPS) is 14.6. The van der Waals surface area contributed by atoms with E-state index in [4.69, 9.17) is 0 Å². The van der Waals surface area contributed by atoms with E-state index in [-0.39, 0.29) is 23.4 Å². The third kappa shape index (κ3) is 3.68. The predicted octanol–water partition coefficient (Wildman–Crippen LogP) is 2.96. The minimum atomic E-state index is -0.243. The van der Waals surface area contributed by atoms with Crippen LogP contribution in [0.3, 0.4) is 0 Å². The molecular weight excluding hydrogens is 368 g/mol. The van der Waals surface area contributed by atoms with Crippen molar-refractivity contribution in [3.05, 3.63) is 65.2 Å². The second-order valence-electron chi connectivity index (χ2n) is 7.61. The lowest BCUT2D eigenvalue weighted by molar-refractivity contribution is 0.440. The molecule has 29 heavy (non-hydrogen) atoms. The number of phenols is 1. The first kappa shape index (κ1) is 19.0. The summed E-state index contributed by atoms with van der Waals surface area (Å²) in [6.07, 6.45) is 1.48. The number of aromatic hydroxyl groups is 2. The van der Waals surface area contributed by atoms with Crippen molar-refractivity contribution in [3.63, 3.8) is 0 Å². The fourth-order valence-electron chi connectivity index (χ4n) is 3.76. The number of hydrogen-bond donors (Lipinski definition) is 2. The van der Waals surface area contributed by atoms with Crippen molar-refractivity contribution in [1.82, 2.24) is 9.13 Å². The second kappa shape index (κ2) is 7.58. The van der Waals surface area contributed by atoms with E-state index in [0.717, 1.165) is 37.6 Å². The Balaban J connectivity index is 1.47. The van der Waals surface area contributed by atoms with Gasteiger partial charge in [-0.2, -0.15) is 0 Å². The molecule has 0 bridgehead atoms. The molecule has 2 N–H and O–H groups in total. The highest BCUT2D eigenvalue weighted by atomic mass is 16.3. The third-order valence-corrected chi connectivity index (χ3v) is 5.42. The smallest absolute Gasteiger partial charge is 0.335 e. The van der Waals surface area contributed by atoms with Crippen molar-refractivity contribution in [3.8, 4) is 17.3 Å². The van der Waals surface area contributed by atoms with Crippen LogP contribution in [0.25, 0.3) is 5.69 Å². The number of phenolic OH excluding ortho intramolecular Hbond substituents is 1. The Morgan fingerprint density at radius 1 is 0.759 bits per heavy atom. The Morgan fingerprint density at radius 3 is 1.66 bits per heavy atom. The highest BCUT2D eigenvalue weighted by molar-refractivity contribution is 5.55. The number of aromatic nitrogens is 2. The molecule has 1 aromatic heterocycles. The maximum atomic E-state index is 12.5. The van der Waals surface area contributed by atoms with Gasteiger partial charge in [0.1, 0.15) is 5.75 Å². The summed E-state index contributed by atoms with van der Waals surface area (Å²) in [7, 11) is 0. The molecule has 1 aliphatic heterocycles. The van der Waals surface area contributed by atoms with Crippen LogP contribution in [0.4, 0.5) is 11.4 Å². The summed E-state index contributed by atoms with van der Waals surface area (Å²) in [6.45, 7) is 7.37. The molecule has 0 saturated carbocycles. The highest BCUT2D eigenvalue weighted by Crippen LogP contribution is 2.24. The number of anilines is 2. The molecule has 0 radical (unpaired) electrons. The number of benzene rings is 2. The first-order valence-corrected chi connectivity index (χ1v) is 9.86. The van der Waals surface area contributed by atoms with Crippen LogP contribution < -0.4 is 15.5 Å². The van der Waals surface area contributed by atoms with Crippen LogP contribution in [-0.4, -0.2) is 45.5 Å². The molecule has 1 fully saturated rings. The summed E-state index contributed by atoms with van der Waals surface area (Å²) in [5.74, 6) is 0.223. The second-order valence-corrected chi connectivity index (χ2v) is 7.61. The molecule has 4 rings (SSSR count). The van der Waals surface area contributed by atoms with E-state index in [2.05, 4.69) is 9.80 Å². The van der Waals surface area contributed by atoms with Crippen LogP contribution in [0.15, 0.2) is 59.5 Å². The fourth-order valence-corrected chi connectivity index (χ4v) is 3.76. The van der Waals surface area contributed by atoms with Gasteiger partial charge in [0.2, 0.25) is 5.88 Å². The minimum Gasteiger partial charge on any atom is -0.508 e. The molecule has 0 aliphatic carbocycles. The van der Waals surface area contributed by atoms with Crippen molar-refractivity contribution < 1.29 is 10.2 Å². The monoisotopic (exact) mass is 394 g/mol. The largest absolute Gasteiger partial charge is 0.508 e. The van der Waals surface area contributed by atoms with Crippen LogP contribution in [0.5, 0.6) is 11.6 Å². The minimum absolute atomic E-state index is 0.0150. The first-order valence-electron chi connectivity index (χ1n) is 9.86. The van der Waals surface area contributed by atoms with E-state index in [1.54, 1.807) is 12.1 Å². The number of rotatable bonds is 4. The molecule has 7 heteroatoms. The Morgan fingerprint density at radius 2 is 1.21 bits per heavy atom. The molecule has 0 unspecified atom stereocenters. The molecule has 1 saturated heterocycles. The van der Waals surface area contributed by atoms with E-state index < -0.39 is 0 Å². The average Bonchev–Trinajstić information content (AvgIpc) is 3.03. The molecule has 0 spiro atoms. The summed E-state index contributed by atoms with van der Waals surface area (Å²) >= 11 is 0. The van der Waals surface area contributed by atoms with Gasteiger partial charge in [-0.1, -0.05) is 0 Å². The quantitative estimate of drug-likeness (QED) is 0.712. The molecule has 1 aliphatic rings. The van der Waals surface area contributed by atoms with Crippen molar-refractivity contribution in [2.24, 2.45) is 0 Å². The first-order chi connectivity index (χ1) is 13.9. The molecule has 3 aromatic rings. The lowest BCUT2D eigenvalue weighted by Crippen LogP contribution is -2.46. The molecule has 7 nitrogen and oxygen atoms in total. The Labute approximate surface area is 169 Å². The van der Waals surface area contributed by atoms with Crippen LogP contribution in [-0.2, 0) is 0 Å². The lowest BCUT2D eigenvalue weighted by Gasteiger charge is -2.37. The van der Waals surface area contributed by atoms with E-state index in [9.17, 15) is 15.0 Å². The van der Waals surface area contributed by atoms with Crippen molar-refractivity contribution in [2.75, 3.05) is 36.0 Å². The topological polar surface area (TPSA) is 73.9 Å². The fraction of sp³-hybridized carbons (Fsp3) is 0.318. The molecule has 152 valence electrons. The van der Waals surface area contributed by atoms with Gasteiger partial charge >= 0.3 is 5.69 Å². The summed E-state index contributed by atoms with van der Waals surface area (Å²) in [4.78, 5) is 17.2. The summed E-state index contributed by atoms with van der Waals surface area (Å²) < 4.78 is 2.85. The van der Waals surface area contributed by atoms with E-state index >= 15 is 0 Å². The zero-order valence-electron chi connectivity index (χ0n) is 16.7. The summed E-state index contributed by atoms with van der Waals surface area (Å²) in [5.41, 5.74) is 2.61. The van der Waals surface area contributed by atoms with E-state index in [0.29, 0.717) is 5.69 Å². The van der Waals surface area contributed by atoms with Crippen molar-refractivity contribution in [2.45, 2.75) is 19.9 Å². The van der Waals surface area contributed by atoms with E-state index in [1.165, 1.54) is 15.3 Å². The van der Waals surface area contributed by atoms with Gasteiger partial charge in [0.05, 0.1) is 11.9 Å². The Hall–Kier alpha value is -3.35. The van der Waals surface area contributed by atoms with E-state index in [1.807, 2.05) is 50.2 Å². The van der Waals surface area contributed by atoms with Gasteiger partial charge in [-0.15, -0.1) is 0 Å². The van der Waals surface area contributed by atoms with Gasteiger partial charge in [0.15, 0.2) is 0 Å². The van der Waals surface area contributed by atoms with Gasteiger partial charge in [0.25, 0.3) is 0 Å². The van der Waals surface area contributed by atoms with Gasteiger partial charge in [-0.25, -0.2) is 9.36 Å². The molecule has 0 amide bonds. The highest BCUT2D eigenvalue weighted by Gasteiger charge is 2.18. The molecule has 2 heterocycles. The molecule has 0 atom stereocenters. The maximum Gasteiger partial charge on any atom is 0.335 e. The standard InChI is InChI=1S/C22H26N4O3/c1-16(2)25-15-21(28)26(22(25)29)19-5-3-17(4-6-19)23-11-13-24(14-12-23)18-7-9-20(27)10-8-18/h3-10,15-16,27-28H,11-14H2,1-2H3. The lowest BCUT2D eigenvalue weighted by atomic mass is 10.2. The van der Waals surface area contributed by atoms with Crippen molar-refractivity contribution in [1.29, 1.82) is 0 Å². The Kier molecular flexibility index (Phi) is 4.96. The Bertz CT molecular complexity index is 1030. The number of hydrogen-bond acceptors (Lipinski definition) is 5. The number of piperazine rings is 1. The van der Waals surface area contributed by atoms with Crippen molar-refractivity contribution >= 4 is 11.4 Å². The van der Waals surface area contributed by atoms with Gasteiger partial charge in [-0.05, 0) is 62.4 Å². The van der Waals surface area contributed by atoms with Crippen LogP contribution in [0, 0.1) is 0 Å². The number of imidazole rings is 1. The summed E-state index contributed by atoms with van der Waals surface area (Å²) in [6, 6.07) is 15.0. The molecule has 2 aromatic carbocycles. The zero-order chi connectivity index (χ0) is 20.5. The van der Waals surface area contributed by atoms with Crippen LogP contribution >= 0.6 is 0 Å². The summed E-state index contributed by atoms with van der Waals surface area (Å²) in [5, 5.41) is 19.6. The predicted molar refractivity (Wildman–Crippen MR) is 115 cm³/mol. The van der Waals surface area contributed by atoms with Gasteiger partial charge < -0.3 is 20.0 Å². The van der Waals surface area contributed by atoms with Crippen LogP contribution in [0.2, 0.25) is 0 Å². The average molecular weight is 394 g/mol. The van der Waals surface area contributed by atoms with Gasteiger partial charge in [0, 0.05) is 43.6 Å². The zero-order valence-corrected chi connectivity index (χ0v) is 16.7. The SMILES string of the molecule is CC(C)n1cc(O)n(-c2ccc(N3CCN(c4ccc(O)cc4)CC3)cc2)c1=O.